The Morgan fingerprint density at radius 2 is 1.92 bits per heavy atom. The Hall–Kier alpha value is -0.540. The maximum atomic E-state index is 11.3. The van der Waals surface area contributed by atoms with Crippen LogP contribution in [0.3, 0.4) is 0 Å². The minimum atomic E-state index is -3.29. The van der Waals surface area contributed by atoms with E-state index in [1.165, 1.54) is 13.0 Å². The summed E-state index contributed by atoms with van der Waals surface area (Å²) in [5, 5.41) is 0.260. The van der Waals surface area contributed by atoms with E-state index in [1.54, 1.807) is 18.2 Å². The van der Waals surface area contributed by atoms with Crippen LogP contribution in [0.4, 0.5) is 0 Å². The molecule has 0 amide bonds. The number of hydrogen-bond acceptors (Lipinski definition) is 2. The molecule has 0 aliphatic heterocycles. The van der Waals surface area contributed by atoms with Gasteiger partial charge in [-0.2, -0.15) is 0 Å². The van der Waals surface area contributed by atoms with Crippen molar-refractivity contribution >= 4 is 21.4 Å². The van der Waals surface area contributed by atoms with Gasteiger partial charge in [0.05, 0.1) is 15.7 Å². The van der Waals surface area contributed by atoms with Crippen molar-refractivity contribution in [2.75, 3.05) is 0 Å². The van der Waals surface area contributed by atoms with E-state index in [9.17, 15) is 8.42 Å². The Morgan fingerprint density at radius 1 is 1.33 bits per heavy atom. The molecule has 0 N–H and O–H groups in total. The summed E-state index contributed by atoms with van der Waals surface area (Å²) in [4.78, 5) is 0.161. The molecule has 0 aliphatic carbocycles. The van der Waals surface area contributed by atoms with Gasteiger partial charge in [-0.25, -0.2) is 8.42 Å². The smallest absolute Gasteiger partial charge is 0.183 e. The van der Waals surface area contributed by atoms with E-state index in [-0.39, 0.29) is 9.92 Å². The van der Waals surface area contributed by atoms with Gasteiger partial charge in [-0.3, -0.25) is 0 Å². The fourth-order valence-electron chi connectivity index (χ4n) is 0.802. The minimum Gasteiger partial charge on any atom is -0.223 e. The average molecular weight is 204 g/mol. The fraction of sp³-hybridized carbons (Fsp3) is 0.125. The zero-order valence-corrected chi connectivity index (χ0v) is 8.06. The molecular weight excluding hydrogens is 196 g/mol. The third-order valence-corrected chi connectivity index (χ3v) is 3.48. The maximum Gasteiger partial charge on any atom is 0.183 e. The Bertz CT molecular complexity index is 370. The molecule has 0 heterocycles. The molecule has 0 saturated carbocycles. The van der Waals surface area contributed by atoms with E-state index < -0.39 is 9.84 Å². The molecule has 0 unspecified atom stereocenters. The zero-order chi connectivity index (χ0) is 9.19. The summed E-state index contributed by atoms with van der Waals surface area (Å²) in [6, 6.07) is 6.37. The van der Waals surface area contributed by atoms with Crippen LogP contribution in [0.15, 0.2) is 29.2 Å². The number of sulfone groups is 1. The standard InChI is InChI=1S/C8H8ClO2S/c1-2-12(10,11)8-6-4-3-5-7(8)9/h2-6H,1H3. The van der Waals surface area contributed by atoms with Crippen molar-refractivity contribution < 1.29 is 8.42 Å². The molecule has 0 fully saturated rings. The van der Waals surface area contributed by atoms with Crippen LogP contribution in [-0.2, 0) is 9.84 Å². The first-order chi connectivity index (χ1) is 5.58. The molecule has 1 aromatic carbocycles. The van der Waals surface area contributed by atoms with Gasteiger partial charge in [0.15, 0.2) is 9.84 Å². The van der Waals surface area contributed by atoms with Gasteiger partial charge in [0, 0.05) is 0 Å². The van der Waals surface area contributed by atoms with Gasteiger partial charge in [0.25, 0.3) is 0 Å². The van der Waals surface area contributed by atoms with E-state index in [0.29, 0.717) is 0 Å². The lowest BCUT2D eigenvalue weighted by molar-refractivity contribution is 0.601. The topological polar surface area (TPSA) is 34.1 Å². The van der Waals surface area contributed by atoms with Crippen molar-refractivity contribution in [3.05, 3.63) is 35.0 Å². The Kier molecular flexibility index (Phi) is 2.75. The number of hydrogen-bond donors (Lipinski definition) is 0. The summed E-state index contributed by atoms with van der Waals surface area (Å²) < 4.78 is 22.6. The van der Waals surface area contributed by atoms with Crippen molar-refractivity contribution in [1.82, 2.24) is 0 Å². The fourth-order valence-corrected chi connectivity index (χ4v) is 2.12. The minimum absolute atomic E-state index is 0.161. The molecule has 12 heavy (non-hydrogen) atoms. The van der Waals surface area contributed by atoms with Gasteiger partial charge >= 0.3 is 0 Å². The molecule has 0 spiro atoms. The second-order valence-corrected chi connectivity index (χ2v) is 4.62. The van der Waals surface area contributed by atoms with Gasteiger partial charge in [0.2, 0.25) is 0 Å². The van der Waals surface area contributed by atoms with Crippen LogP contribution >= 0.6 is 11.6 Å². The van der Waals surface area contributed by atoms with Crippen LogP contribution in [0, 0.1) is 5.75 Å². The maximum absolute atomic E-state index is 11.3. The Labute approximate surface area is 77.1 Å². The SMILES string of the molecule is C[CH]S(=O)(=O)c1ccccc1Cl. The lowest BCUT2D eigenvalue weighted by Gasteiger charge is -2.01. The highest BCUT2D eigenvalue weighted by molar-refractivity contribution is 7.93. The molecule has 65 valence electrons. The molecule has 4 heteroatoms. The highest BCUT2D eigenvalue weighted by Crippen LogP contribution is 2.22. The second-order valence-electron chi connectivity index (χ2n) is 2.21. The van der Waals surface area contributed by atoms with Crippen molar-refractivity contribution in [3.63, 3.8) is 0 Å². The third kappa shape index (κ3) is 1.79. The second kappa shape index (κ2) is 3.46. The summed E-state index contributed by atoms with van der Waals surface area (Å²) in [7, 11) is -3.29. The van der Waals surface area contributed by atoms with Crippen molar-refractivity contribution in [3.8, 4) is 0 Å². The highest BCUT2D eigenvalue weighted by atomic mass is 35.5. The van der Waals surface area contributed by atoms with Gasteiger partial charge in [-0.1, -0.05) is 23.7 Å². The molecule has 0 aliphatic rings. The highest BCUT2D eigenvalue weighted by Gasteiger charge is 2.14. The molecule has 1 aromatic rings. The lowest BCUT2D eigenvalue weighted by atomic mass is 10.4. The number of rotatable bonds is 2. The van der Waals surface area contributed by atoms with Crippen LogP contribution in [0.5, 0.6) is 0 Å². The van der Waals surface area contributed by atoms with Crippen LogP contribution in [0.2, 0.25) is 5.02 Å². The molecule has 0 aromatic heterocycles. The summed E-state index contributed by atoms with van der Waals surface area (Å²) in [6.07, 6.45) is 0. The van der Waals surface area contributed by atoms with Gasteiger partial charge in [-0.15, -0.1) is 0 Å². The van der Waals surface area contributed by atoms with Crippen molar-refractivity contribution in [2.24, 2.45) is 0 Å². The van der Waals surface area contributed by atoms with E-state index in [4.69, 9.17) is 11.6 Å². The first-order valence-electron chi connectivity index (χ1n) is 3.37. The van der Waals surface area contributed by atoms with Crippen LogP contribution in [0.1, 0.15) is 6.92 Å². The zero-order valence-electron chi connectivity index (χ0n) is 6.49. The Balaban J connectivity index is 3.30. The first-order valence-corrected chi connectivity index (χ1v) is 5.29. The van der Waals surface area contributed by atoms with Crippen molar-refractivity contribution in [1.29, 1.82) is 0 Å². The summed E-state index contributed by atoms with van der Waals surface area (Å²) in [5.41, 5.74) is 0. The van der Waals surface area contributed by atoms with E-state index in [1.807, 2.05) is 0 Å². The molecule has 1 rings (SSSR count). The summed E-state index contributed by atoms with van der Waals surface area (Å²) in [5.74, 6) is 1.13. The van der Waals surface area contributed by atoms with Gasteiger partial charge < -0.3 is 0 Å². The van der Waals surface area contributed by atoms with Crippen molar-refractivity contribution in [2.45, 2.75) is 11.8 Å². The monoisotopic (exact) mass is 203 g/mol. The average Bonchev–Trinajstić information content (AvgIpc) is 2.05. The number of halogens is 1. The van der Waals surface area contributed by atoms with Gasteiger partial charge in [-0.05, 0) is 19.1 Å². The molecule has 2 nitrogen and oxygen atoms in total. The third-order valence-electron chi connectivity index (χ3n) is 1.45. The Morgan fingerprint density at radius 3 is 2.42 bits per heavy atom. The lowest BCUT2D eigenvalue weighted by Crippen LogP contribution is -1.99. The molecule has 1 radical (unpaired) electrons. The van der Waals surface area contributed by atoms with Gasteiger partial charge in [0.1, 0.15) is 0 Å². The molecular formula is C8H8ClO2S. The normalized spacial score (nSPS) is 11.5. The largest absolute Gasteiger partial charge is 0.223 e. The molecule has 0 bridgehead atoms. The number of benzene rings is 1. The van der Waals surface area contributed by atoms with Crippen LogP contribution in [-0.4, -0.2) is 8.42 Å². The first kappa shape index (κ1) is 9.55. The quantitative estimate of drug-likeness (QED) is 0.739. The van der Waals surface area contributed by atoms with E-state index in [0.717, 1.165) is 5.75 Å². The van der Waals surface area contributed by atoms with Crippen LogP contribution < -0.4 is 0 Å². The van der Waals surface area contributed by atoms with E-state index >= 15 is 0 Å². The molecule has 0 atom stereocenters. The van der Waals surface area contributed by atoms with E-state index in [2.05, 4.69) is 0 Å². The predicted molar refractivity (Wildman–Crippen MR) is 48.6 cm³/mol. The molecule has 0 saturated heterocycles. The summed E-state index contributed by atoms with van der Waals surface area (Å²) >= 11 is 5.69. The van der Waals surface area contributed by atoms with Crippen LogP contribution in [0.25, 0.3) is 0 Å². The predicted octanol–water partition coefficient (Wildman–Crippen LogP) is 2.30. The summed E-state index contributed by atoms with van der Waals surface area (Å²) in [6.45, 7) is 1.47.